The molecule has 1 heterocycles. The second-order valence-electron chi connectivity index (χ2n) is 4.50. The van der Waals surface area contributed by atoms with Crippen LogP contribution in [0.5, 0.6) is 0 Å². The lowest BCUT2D eigenvalue weighted by Gasteiger charge is -2.24. The Morgan fingerprint density at radius 3 is 2.81 bits per heavy atom. The number of benzene rings is 1. The van der Waals surface area contributed by atoms with Crippen LogP contribution in [0.3, 0.4) is 0 Å². The van der Waals surface area contributed by atoms with Crippen LogP contribution in [0.1, 0.15) is 11.1 Å². The van der Waals surface area contributed by atoms with Gasteiger partial charge in [-0.15, -0.1) is 0 Å². The summed E-state index contributed by atoms with van der Waals surface area (Å²) in [5.74, 6) is 0. The van der Waals surface area contributed by atoms with Crippen LogP contribution < -0.4 is 0 Å². The number of halogens is 2. The van der Waals surface area contributed by atoms with Gasteiger partial charge in [0.2, 0.25) is 0 Å². The topological polar surface area (TPSA) is 54.7 Å². The summed E-state index contributed by atoms with van der Waals surface area (Å²) in [4.78, 5) is 8.70. The third-order valence-electron chi connectivity index (χ3n) is 3.01. The molecule has 0 aliphatic rings. The second-order valence-corrected chi connectivity index (χ2v) is 5.34. The van der Waals surface area contributed by atoms with E-state index in [1.165, 1.54) is 13.3 Å². The molecule has 0 aliphatic carbocycles. The molecule has 1 aromatic carbocycles. The average molecular weight is 325 g/mol. The lowest BCUT2D eigenvalue weighted by molar-refractivity contribution is 0.109. The summed E-state index contributed by atoms with van der Waals surface area (Å²) in [6.45, 7) is 0. The molecule has 2 aromatic rings. The van der Waals surface area contributed by atoms with Crippen molar-refractivity contribution in [3.8, 4) is 0 Å². The van der Waals surface area contributed by atoms with E-state index in [-0.39, 0.29) is 6.42 Å². The molecule has 2 rings (SSSR count). The highest BCUT2D eigenvalue weighted by atomic mass is 35.5. The van der Waals surface area contributed by atoms with Gasteiger partial charge in [-0.25, -0.2) is 0 Å². The fourth-order valence-electron chi connectivity index (χ4n) is 1.94. The molecule has 1 aromatic heterocycles. The van der Waals surface area contributed by atoms with Crippen molar-refractivity contribution in [2.45, 2.75) is 12.0 Å². The highest BCUT2D eigenvalue weighted by molar-refractivity contribution is 6.35. The van der Waals surface area contributed by atoms with Crippen molar-refractivity contribution >= 4 is 29.4 Å². The SMILES string of the molecule is CON=CC(O)(Cc1ccc(Cl)cc1Cl)c1cccnc1. The molecule has 4 nitrogen and oxygen atoms in total. The van der Waals surface area contributed by atoms with Gasteiger partial charge < -0.3 is 9.94 Å². The number of aromatic nitrogens is 1. The first-order valence-electron chi connectivity index (χ1n) is 6.19. The van der Waals surface area contributed by atoms with Crippen molar-refractivity contribution in [2.24, 2.45) is 5.16 Å². The number of hydrogen-bond acceptors (Lipinski definition) is 4. The van der Waals surface area contributed by atoms with Crippen molar-refractivity contribution in [3.63, 3.8) is 0 Å². The predicted octanol–water partition coefficient (Wildman–Crippen LogP) is 3.45. The summed E-state index contributed by atoms with van der Waals surface area (Å²) in [7, 11) is 1.41. The molecule has 0 bridgehead atoms. The third kappa shape index (κ3) is 3.94. The highest BCUT2D eigenvalue weighted by Gasteiger charge is 2.29. The van der Waals surface area contributed by atoms with Crippen molar-refractivity contribution in [3.05, 3.63) is 63.9 Å². The summed E-state index contributed by atoms with van der Waals surface area (Å²) in [5.41, 5.74) is -0.0337. The largest absolute Gasteiger partial charge is 0.399 e. The monoisotopic (exact) mass is 324 g/mol. The predicted molar refractivity (Wildman–Crippen MR) is 83.8 cm³/mol. The Bertz CT molecular complexity index is 635. The number of nitrogens with zero attached hydrogens (tertiary/aromatic N) is 2. The fraction of sp³-hybridized carbons (Fsp3) is 0.200. The summed E-state index contributed by atoms with van der Waals surface area (Å²) in [6, 6.07) is 8.63. The molecule has 0 saturated carbocycles. The van der Waals surface area contributed by atoms with Gasteiger partial charge in [-0.2, -0.15) is 0 Å². The van der Waals surface area contributed by atoms with E-state index in [1.54, 1.807) is 42.7 Å². The van der Waals surface area contributed by atoms with Crippen LogP contribution >= 0.6 is 23.2 Å². The van der Waals surface area contributed by atoms with Gasteiger partial charge in [0.25, 0.3) is 0 Å². The van der Waals surface area contributed by atoms with Gasteiger partial charge >= 0.3 is 0 Å². The molecule has 1 N–H and O–H groups in total. The molecule has 1 atom stereocenters. The molecule has 0 amide bonds. The van der Waals surface area contributed by atoms with Crippen LogP contribution in [0.25, 0.3) is 0 Å². The maximum atomic E-state index is 10.9. The Hall–Kier alpha value is -1.62. The lowest BCUT2D eigenvalue weighted by Crippen LogP contribution is -2.31. The normalized spacial score (nSPS) is 14.1. The molecule has 0 fully saturated rings. The zero-order valence-corrected chi connectivity index (χ0v) is 12.8. The summed E-state index contributed by atoms with van der Waals surface area (Å²) >= 11 is 12.1. The third-order valence-corrected chi connectivity index (χ3v) is 3.60. The van der Waals surface area contributed by atoms with Crippen molar-refractivity contribution in [1.29, 1.82) is 0 Å². The summed E-state index contributed by atoms with van der Waals surface area (Å²) in [5, 5.41) is 15.6. The standard InChI is InChI=1S/C15H14Cl2N2O2/c1-21-19-10-15(20,12-3-2-6-18-9-12)8-11-4-5-13(16)7-14(11)17/h2-7,9-10,20H,8H2,1H3. The molecule has 0 radical (unpaired) electrons. The lowest BCUT2D eigenvalue weighted by atomic mass is 9.89. The van der Waals surface area contributed by atoms with Gasteiger partial charge in [-0.05, 0) is 23.8 Å². The Morgan fingerprint density at radius 1 is 1.38 bits per heavy atom. The van der Waals surface area contributed by atoms with Crippen LogP contribution in [-0.2, 0) is 16.9 Å². The molecule has 6 heteroatoms. The van der Waals surface area contributed by atoms with E-state index < -0.39 is 5.60 Å². The van der Waals surface area contributed by atoms with E-state index in [4.69, 9.17) is 23.2 Å². The van der Waals surface area contributed by atoms with Gasteiger partial charge in [-0.1, -0.05) is 40.5 Å². The first-order chi connectivity index (χ1) is 10.0. The molecular weight excluding hydrogens is 311 g/mol. The Kier molecular flexibility index (Phi) is 5.17. The summed E-state index contributed by atoms with van der Waals surface area (Å²) < 4.78 is 0. The van der Waals surface area contributed by atoms with Gasteiger partial charge in [0.05, 0.1) is 6.21 Å². The minimum atomic E-state index is -1.37. The fourth-order valence-corrected chi connectivity index (χ4v) is 2.41. The minimum absolute atomic E-state index is 0.224. The van der Waals surface area contributed by atoms with Gasteiger partial charge in [-0.3, -0.25) is 4.98 Å². The first-order valence-corrected chi connectivity index (χ1v) is 6.95. The first kappa shape index (κ1) is 15.8. The molecule has 0 saturated heterocycles. The quantitative estimate of drug-likeness (QED) is 0.677. The van der Waals surface area contributed by atoms with E-state index in [0.29, 0.717) is 15.6 Å². The minimum Gasteiger partial charge on any atom is -0.399 e. The number of hydrogen-bond donors (Lipinski definition) is 1. The van der Waals surface area contributed by atoms with Crippen LogP contribution in [0.2, 0.25) is 10.0 Å². The second kappa shape index (κ2) is 6.89. The van der Waals surface area contributed by atoms with Crippen molar-refractivity contribution in [1.82, 2.24) is 4.98 Å². The zero-order chi connectivity index (χ0) is 15.3. The van der Waals surface area contributed by atoms with Gasteiger partial charge in [0.15, 0.2) is 0 Å². The molecule has 21 heavy (non-hydrogen) atoms. The number of rotatable bonds is 5. The van der Waals surface area contributed by atoms with E-state index in [2.05, 4.69) is 15.0 Å². The van der Waals surface area contributed by atoms with Gasteiger partial charge in [0.1, 0.15) is 12.7 Å². The van der Waals surface area contributed by atoms with Crippen molar-refractivity contribution in [2.75, 3.05) is 7.11 Å². The van der Waals surface area contributed by atoms with E-state index in [1.807, 2.05) is 0 Å². The van der Waals surface area contributed by atoms with Crippen LogP contribution in [-0.4, -0.2) is 23.4 Å². The molecule has 0 spiro atoms. The maximum Gasteiger partial charge on any atom is 0.133 e. The number of pyridine rings is 1. The Labute approximate surface area is 133 Å². The molecule has 1 unspecified atom stereocenters. The molecule has 110 valence electrons. The van der Waals surface area contributed by atoms with Crippen LogP contribution in [0.15, 0.2) is 47.9 Å². The van der Waals surface area contributed by atoms with E-state index in [9.17, 15) is 5.11 Å². The number of aliphatic hydroxyl groups is 1. The maximum absolute atomic E-state index is 10.9. The van der Waals surface area contributed by atoms with E-state index in [0.717, 1.165) is 5.56 Å². The number of oxime groups is 1. The average Bonchev–Trinajstić information content (AvgIpc) is 2.49. The smallest absolute Gasteiger partial charge is 0.133 e. The van der Waals surface area contributed by atoms with Gasteiger partial charge in [0, 0.05) is 34.4 Å². The zero-order valence-electron chi connectivity index (χ0n) is 11.3. The van der Waals surface area contributed by atoms with Crippen LogP contribution in [0.4, 0.5) is 0 Å². The van der Waals surface area contributed by atoms with E-state index >= 15 is 0 Å². The Balaban J connectivity index is 2.39. The molecule has 0 aliphatic heterocycles. The molecular formula is C15H14Cl2N2O2. The van der Waals surface area contributed by atoms with Crippen LogP contribution in [0, 0.1) is 0 Å². The van der Waals surface area contributed by atoms with Crippen molar-refractivity contribution < 1.29 is 9.94 Å². The Morgan fingerprint density at radius 2 is 2.19 bits per heavy atom. The summed E-state index contributed by atoms with van der Waals surface area (Å²) in [6.07, 6.45) is 4.76. The highest BCUT2D eigenvalue weighted by Crippen LogP contribution is 2.29.